The molecule has 3 aromatic rings. The van der Waals surface area contributed by atoms with E-state index in [1.165, 1.54) is 12.3 Å². The Morgan fingerprint density at radius 1 is 0.923 bits per heavy atom. The topological polar surface area (TPSA) is 59.1 Å². The molecule has 2 aromatic carbocycles. The minimum atomic E-state index is -0.364. The second-order valence-electron chi connectivity index (χ2n) is 5.78. The highest BCUT2D eigenvalue weighted by Crippen LogP contribution is 2.09. The molecule has 1 amide bonds. The molecular weight excluding hydrogens is 331 g/mol. The number of carbonyl (C=O) groups excluding carboxylic acids is 2. The molecule has 5 heteroatoms. The highest BCUT2D eigenvalue weighted by atomic mass is 19.1. The summed E-state index contributed by atoms with van der Waals surface area (Å²) in [5.74, 6) is -0.775. The summed E-state index contributed by atoms with van der Waals surface area (Å²) in [7, 11) is 0. The number of aromatic nitrogens is 1. The number of pyridine rings is 1. The van der Waals surface area contributed by atoms with Crippen LogP contribution in [-0.4, -0.2) is 16.7 Å². The number of hydrogen-bond acceptors (Lipinski definition) is 3. The van der Waals surface area contributed by atoms with Crippen molar-refractivity contribution in [1.29, 1.82) is 0 Å². The number of benzene rings is 2. The first-order valence-corrected chi connectivity index (χ1v) is 8.18. The van der Waals surface area contributed by atoms with E-state index in [1.54, 1.807) is 54.6 Å². The van der Waals surface area contributed by atoms with Crippen molar-refractivity contribution in [3.8, 4) is 0 Å². The lowest BCUT2D eigenvalue weighted by molar-refractivity contribution is 0.0947. The van der Waals surface area contributed by atoms with Crippen molar-refractivity contribution in [2.45, 2.75) is 13.0 Å². The zero-order chi connectivity index (χ0) is 18.4. The number of carbonyl (C=O) groups is 2. The summed E-state index contributed by atoms with van der Waals surface area (Å²) in [5, 5.41) is 2.68. The van der Waals surface area contributed by atoms with Gasteiger partial charge in [-0.2, -0.15) is 0 Å². The molecule has 1 N–H and O–H groups in total. The molecule has 130 valence electrons. The normalized spacial score (nSPS) is 10.3. The van der Waals surface area contributed by atoms with Crippen LogP contribution in [-0.2, 0) is 13.0 Å². The lowest BCUT2D eigenvalue weighted by Gasteiger charge is -2.07. The first kappa shape index (κ1) is 17.5. The predicted molar refractivity (Wildman–Crippen MR) is 96.3 cm³/mol. The minimum Gasteiger partial charge on any atom is -0.348 e. The summed E-state index contributed by atoms with van der Waals surface area (Å²) in [6, 6.07) is 18.3. The smallest absolute Gasteiger partial charge is 0.251 e. The van der Waals surface area contributed by atoms with E-state index in [9.17, 15) is 14.0 Å². The molecule has 4 nitrogen and oxygen atoms in total. The minimum absolute atomic E-state index is 0.0676. The summed E-state index contributed by atoms with van der Waals surface area (Å²) in [6.07, 6.45) is 1.60. The molecule has 0 aliphatic heterocycles. The van der Waals surface area contributed by atoms with Crippen LogP contribution in [0.25, 0.3) is 0 Å². The Labute approximate surface area is 150 Å². The molecule has 1 aromatic heterocycles. The molecule has 0 spiro atoms. The third kappa shape index (κ3) is 4.39. The van der Waals surface area contributed by atoms with Crippen LogP contribution in [0, 0.1) is 5.82 Å². The standard InChI is InChI=1S/C21H17FN2O2/c22-19-9-5-4-8-17(19)14-24-21(26)16-10-11-23-18(12-16)13-20(25)15-6-2-1-3-7-15/h1-12H,13-14H2,(H,24,26). The lowest BCUT2D eigenvalue weighted by atomic mass is 10.1. The number of nitrogens with one attached hydrogen (secondary N) is 1. The van der Waals surface area contributed by atoms with Crippen molar-refractivity contribution >= 4 is 11.7 Å². The number of rotatable bonds is 6. The van der Waals surface area contributed by atoms with Crippen LogP contribution in [0.3, 0.4) is 0 Å². The van der Waals surface area contributed by atoms with Crippen LogP contribution >= 0.6 is 0 Å². The van der Waals surface area contributed by atoms with Crippen molar-refractivity contribution < 1.29 is 14.0 Å². The largest absolute Gasteiger partial charge is 0.348 e. The molecular formula is C21H17FN2O2. The van der Waals surface area contributed by atoms with Gasteiger partial charge < -0.3 is 5.32 Å². The van der Waals surface area contributed by atoms with Gasteiger partial charge in [0.05, 0.1) is 6.42 Å². The van der Waals surface area contributed by atoms with Gasteiger partial charge in [-0.15, -0.1) is 0 Å². The first-order chi connectivity index (χ1) is 12.6. The van der Waals surface area contributed by atoms with Crippen LogP contribution in [0.4, 0.5) is 4.39 Å². The monoisotopic (exact) mass is 348 g/mol. The van der Waals surface area contributed by atoms with Gasteiger partial charge in [0.2, 0.25) is 0 Å². The van der Waals surface area contributed by atoms with Crippen LogP contribution in [0.5, 0.6) is 0 Å². The molecule has 0 radical (unpaired) electrons. The molecule has 0 saturated heterocycles. The summed E-state index contributed by atoms with van der Waals surface area (Å²) in [5.41, 5.74) is 1.91. The Kier molecular flexibility index (Phi) is 5.49. The zero-order valence-corrected chi connectivity index (χ0v) is 14.0. The summed E-state index contributed by atoms with van der Waals surface area (Å²) in [6.45, 7) is 0.0894. The third-order valence-corrected chi connectivity index (χ3v) is 3.91. The van der Waals surface area contributed by atoms with E-state index < -0.39 is 0 Å². The summed E-state index contributed by atoms with van der Waals surface area (Å²) in [4.78, 5) is 28.7. The van der Waals surface area contributed by atoms with Gasteiger partial charge in [0.25, 0.3) is 5.91 Å². The Morgan fingerprint density at radius 2 is 1.65 bits per heavy atom. The van der Waals surface area contributed by atoms with E-state index in [-0.39, 0.29) is 30.5 Å². The van der Waals surface area contributed by atoms with Gasteiger partial charge in [0, 0.05) is 35.1 Å². The highest BCUT2D eigenvalue weighted by molar-refractivity contribution is 5.98. The molecule has 1 heterocycles. The number of ketones is 1. The quantitative estimate of drug-likeness (QED) is 0.693. The fourth-order valence-corrected chi connectivity index (χ4v) is 2.53. The third-order valence-electron chi connectivity index (χ3n) is 3.91. The second-order valence-corrected chi connectivity index (χ2v) is 5.78. The second kappa shape index (κ2) is 8.16. The van der Waals surface area contributed by atoms with Gasteiger partial charge in [0.1, 0.15) is 5.82 Å². The predicted octanol–water partition coefficient (Wildman–Crippen LogP) is 3.58. The van der Waals surface area contributed by atoms with E-state index in [0.29, 0.717) is 22.4 Å². The zero-order valence-electron chi connectivity index (χ0n) is 14.0. The molecule has 3 rings (SSSR count). The van der Waals surface area contributed by atoms with E-state index in [4.69, 9.17) is 0 Å². The highest BCUT2D eigenvalue weighted by Gasteiger charge is 2.11. The maximum atomic E-state index is 13.6. The maximum Gasteiger partial charge on any atom is 0.251 e. The Morgan fingerprint density at radius 3 is 2.42 bits per heavy atom. The molecule has 0 fully saturated rings. The Hall–Kier alpha value is -3.34. The van der Waals surface area contributed by atoms with Gasteiger partial charge >= 0.3 is 0 Å². The van der Waals surface area contributed by atoms with Crippen molar-refractivity contribution in [2.24, 2.45) is 0 Å². The van der Waals surface area contributed by atoms with Gasteiger partial charge in [-0.1, -0.05) is 48.5 Å². The number of halogens is 1. The van der Waals surface area contributed by atoms with Crippen LogP contribution in [0.1, 0.15) is 32.0 Å². The average molecular weight is 348 g/mol. The van der Waals surface area contributed by atoms with Crippen LogP contribution in [0.2, 0.25) is 0 Å². The van der Waals surface area contributed by atoms with Crippen molar-refractivity contribution in [3.05, 3.63) is 101 Å². The van der Waals surface area contributed by atoms with Crippen molar-refractivity contribution in [3.63, 3.8) is 0 Å². The summed E-state index contributed by atoms with van der Waals surface area (Å²) >= 11 is 0. The van der Waals surface area contributed by atoms with Gasteiger partial charge in [-0.25, -0.2) is 4.39 Å². The molecule has 0 aliphatic carbocycles. The number of hydrogen-bond donors (Lipinski definition) is 1. The van der Waals surface area contributed by atoms with Crippen molar-refractivity contribution in [1.82, 2.24) is 10.3 Å². The van der Waals surface area contributed by atoms with Crippen LogP contribution < -0.4 is 5.32 Å². The van der Waals surface area contributed by atoms with Gasteiger partial charge in [0.15, 0.2) is 5.78 Å². The molecule has 0 unspecified atom stereocenters. The number of amides is 1. The van der Waals surface area contributed by atoms with E-state index in [2.05, 4.69) is 10.3 Å². The van der Waals surface area contributed by atoms with E-state index in [0.717, 1.165) is 0 Å². The van der Waals surface area contributed by atoms with E-state index >= 15 is 0 Å². The first-order valence-electron chi connectivity index (χ1n) is 8.18. The molecule has 0 atom stereocenters. The Bertz CT molecular complexity index is 926. The molecule has 0 saturated carbocycles. The molecule has 0 bridgehead atoms. The average Bonchev–Trinajstić information content (AvgIpc) is 2.68. The van der Waals surface area contributed by atoms with Gasteiger partial charge in [-0.3, -0.25) is 14.6 Å². The van der Waals surface area contributed by atoms with Gasteiger partial charge in [-0.05, 0) is 18.2 Å². The molecule has 0 aliphatic rings. The lowest BCUT2D eigenvalue weighted by Crippen LogP contribution is -2.23. The fraction of sp³-hybridized carbons (Fsp3) is 0.0952. The SMILES string of the molecule is O=C(Cc1cc(C(=O)NCc2ccccc2F)ccn1)c1ccccc1. The number of Topliss-reactive ketones (excluding diaryl/α,β-unsaturated/α-hetero) is 1. The van der Waals surface area contributed by atoms with E-state index in [1.807, 2.05) is 6.07 Å². The molecule has 26 heavy (non-hydrogen) atoms. The van der Waals surface area contributed by atoms with Crippen molar-refractivity contribution in [2.75, 3.05) is 0 Å². The Balaban J connectivity index is 1.66. The number of nitrogens with zero attached hydrogens (tertiary/aromatic N) is 1. The maximum absolute atomic E-state index is 13.6. The van der Waals surface area contributed by atoms with Crippen LogP contribution in [0.15, 0.2) is 72.9 Å². The fourth-order valence-electron chi connectivity index (χ4n) is 2.53. The summed E-state index contributed by atoms with van der Waals surface area (Å²) < 4.78 is 13.6.